The zero-order valence-corrected chi connectivity index (χ0v) is 17.3. The standard InChI is InChI=1S/C24H27N3O3/c1-16-25-22-13-10-19(28)15-21(22)24(29)27(16)18-8-11-20(12-9-18)30-23-7-2-3-14-26(23)17-5-4-6-17/h8-13,15,17,23,28H,2-7,14H2,1H3. The van der Waals surface area contributed by atoms with Crippen LogP contribution in [-0.2, 0) is 0 Å². The number of hydrogen-bond acceptors (Lipinski definition) is 5. The Bertz CT molecular complexity index is 1120. The number of aromatic nitrogens is 2. The molecule has 1 aliphatic heterocycles. The number of benzene rings is 2. The number of ether oxygens (including phenoxy) is 1. The van der Waals surface area contributed by atoms with E-state index in [9.17, 15) is 9.90 Å². The third-order valence-corrected chi connectivity index (χ3v) is 6.42. The van der Waals surface area contributed by atoms with Crippen molar-refractivity contribution in [2.24, 2.45) is 0 Å². The molecule has 5 rings (SSSR count). The van der Waals surface area contributed by atoms with Gasteiger partial charge in [-0.05, 0) is 81.5 Å². The third kappa shape index (κ3) is 3.45. The fourth-order valence-electron chi connectivity index (χ4n) is 4.61. The summed E-state index contributed by atoms with van der Waals surface area (Å²) in [6.07, 6.45) is 7.56. The highest BCUT2D eigenvalue weighted by atomic mass is 16.5. The lowest BCUT2D eigenvalue weighted by Crippen LogP contribution is -2.51. The normalized spacial score (nSPS) is 20.2. The fourth-order valence-corrected chi connectivity index (χ4v) is 4.61. The van der Waals surface area contributed by atoms with Crippen molar-refractivity contribution in [1.29, 1.82) is 0 Å². The summed E-state index contributed by atoms with van der Waals surface area (Å²) < 4.78 is 7.93. The number of phenols is 1. The van der Waals surface area contributed by atoms with E-state index < -0.39 is 0 Å². The molecular weight excluding hydrogens is 378 g/mol. The van der Waals surface area contributed by atoms with Gasteiger partial charge in [-0.15, -0.1) is 0 Å². The van der Waals surface area contributed by atoms with Crippen LogP contribution in [0.1, 0.15) is 44.3 Å². The van der Waals surface area contributed by atoms with Gasteiger partial charge in [-0.3, -0.25) is 14.3 Å². The number of nitrogens with zero attached hydrogens (tertiary/aromatic N) is 3. The number of likely N-dealkylation sites (tertiary alicyclic amines) is 1. The van der Waals surface area contributed by atoms with Crippen LogP contribution in [-0.4, -0.2) is 38.4 Å². The maximum absolute atomic E-state index is 13.0. The molecule has 0 bridgehead atoms. The molecule has 1 saturated heterocycles. The molecule has 3 aromatic rings. The molecule has 2 aromatic carbocycles. The van der Waals surface area contributed by atoms with Crippen molar-refractivity contribution >= 4 is 10.9 Å². The average Bonchev–Trinajstić information content (AvgIpc) is 2.70. The quantitative estimate of drug-likeness (QED) is 0.707. The summed E-state index contributed by atoms with van der Waals surface area (Å²) in [5, 5.41) is 10.2. The summed E-state index contributed by atoms with van der Waals surface area (Å²) >= 11 is 0. The Labute approximate surface area is 175 Å². The summed E-state index contributed by atoms with van der Waals surface area (Å²) in [6.45, 7) is 2.94. The lowest BCUT2D eigenvalue weighted by Gasteiger charge is -2.44. The van der Waals surface area contributed by atoms with E-state index in [1.54, 1.807) is 16.7 Å². The number of piperidine rings is 1. The predicted octanol–water partition coefficient (Wildman–Crippen LogP) is 4.14. The van der Waals surface area contributed by atoms with Gasteiger partial charge in [0.1, 0.15) is 17.3 Å². The second-order valence-electron chi connectivity index (χ2n) is 8.39. The van der Waals surface area contributed by atoms with Gasteiger partial charge in [0.25, 0.3) is 5.56 Å². The van der Waals surface area contributed by atoms with Crippen molar-refractivity contribution in [3.05, 3.63) is 58.6 Å². The number of rotatable bonds is 4. The number of hydrogen-bond donors (Lipinski definition) is 1. The highest BCUT2D eigenvalue weighted by Gasteiger charge is 2.33. The van der Waals surface area contributed by atoms with Crippen molar-refractivity contribution in [3.8, 4) is 17.2 Å². The first-order valence-electron chi connectivity index (χ1n) is 10.9. The molecule has 156 valence electrons. The van der Waals surface area contributed by atoms with Crippen molar-refractivity contribution in [3.63, 3.8) is 0 Å². The largest absolute Gasteiger partial charge is 0.508 e. The first-order chi connectivity index (χ1) is 14.6. The Morgan fingerprint density at radius 2 is 1.83 bits per heavy atom. The van der Waals surface area contributed by atoms with Gasteiger partial charge in [-0.1, -0.05) is 6.42 Å². The second-order valence-corrected chi connectivity index (χ2v) is 8.39. The minimum Gasteiger partial charge on any atom is -0.508 e. The van der Waals surface area contributed by atoms with Crippen molar-refractivity contribution in [2.45, 2.75) is 57.7 Å². The summed E-state index contributed by atoms with van der Waals surface area (Å²) in [4.78, 5) is 20.1. The Morgan fingerprint density at radius 1 is 1.03 bits per heavy atom. The van der Waals surface area contributed by atoms with Gasteiger partial charge in [0.2, 0.25) is 0 Å². The van der Waals surface area contributed by atoms with Crippen molar-refractivity contribution < 1.29 is 9.84 Å². The van der Waals surface area contributed by atoms with Crippen molar-refractivity contribution in [2.75, 3.05) is 6.54 Å². The first kappa shape index (κ1) is 19.1. The predicted molar refractivity (Wildman–Crippen MR) is 116 cm³/mol. The molecule has 2 heterocycles. The zero-order chi connectivity index (χ0) is 20.7. The average molecular weight is 405 g/mol. The van der Waals surface area contributed by atoms with Crippen LogP contribution in [0.5, 0.6) is 11.5 Å². The summed E-state index contributed by atoms with van der Waals surface area (Å²) in [5.74, 6) is 1.49. The minimum absolute atomic E-state index is 0.0593. The summed E-state index contributed by atoms with van der Waals surface area (Å²) in [7, 11) is 0. The molecule has 0 amide bonds. The minimum atomic E-state index is -0.189. The molecule has 1 atom stereocenters. The third-order valence-electron chi connectivity index (χ3n) is 6.42. The van der Waals surface area contributed by atoms with Crippen LogP contribution >= 0.6 is 0 Å². The lowest BCUT2D eigenvalue weighted by atomic mass is 9.89. The number of fused-ring (bicyclic) bond motifs is 1. The number of aromatic hydroxyl groups is 1. The van der Waals surface area contributed by atoms with Crippen molar-refractivity contribution in [1.82, 2.24) is 14.5 Å². The molecule has 30 heavy (non-hydrogen) atoms. The van der Waals surface area contributed by atoms with Crippen LogP contribution in [0, 0.1) is 6.92 Å². The van der Waals surface area contributed by atoms with Crippen LogP contribution in [0.15, 0.2) is 47.3 Å². The summed E-state index contributed by atoms with van der Waals surface area (Å²) in [5.41, 5.74) is 1.13. The number of aryl methyl sites for hydroxylation is 1. The van der Waals surface area contributed by atoms with Gasteiger partial charge >= 0.3 is 0 Å². The molecule has 0 spiro atoms. The monoisotopic (exact) mass is 405 g/mol. The molecule has 1 N–H and O–H groups in total. The van der Waals surface area contributed by atoms with Gasteiger partial charge < -0.3 is 9.84 Å². The van der Waals surface area contributed by atoms with E-state index in [1.807, 2.05) is 31.2 Å². The SMILES string of the molecule is Cc1nc2ccc(O)cc2c(=O)n1-c1ccc(OC2CCCCN2C2CCC2)cc1. The molecule has 1 saturated carbocycles. The molecular formula is C24H27N3O3. The summed E-state index contributed by atoms with van der Waals surface area (Å²) in [6, 6.07) is 13.0. The molecule has 2 fully saturated rings. The fraction of sp³-hybridized carbons (Fsp3) is 0.417. The van der Waals surface area contributed by atoms with E-state index >= 15 is 0 Å². The molecule has 1 unspecified atom stereocenters. The van der Waals surface area contributed by atoms with Crippen LogP contribution in [0.25, 0.3) is 16.6 Å². The Balaban J connectivity index is 1.42. The highest BCUT2D eigenvalue weighted by molar-refractivity contribution is 5.79. The second kappa shape index (κ2) is 7.76. The molecule has 6 heteroatoms. The molecule has 1 aliphatic carbocycles. The number of phenolic OH excluding ortho intramolecular Hbond substituents is 1. The molecule has 6 nitrogen and oxygen atoms in total. The van der Waals surface area contributed by atoms with E-state index in [-0.39, 0.29) is 17.5 Å². The zero-order valence-electron chi connectivity index (χ0n) is 17.3. The Kier molecular flexibility index (Phi) is 4.95. The van der Waals surface area contributed by atoms with E-state index in [0.29, 0.717) is 22.8 Å². The molecule has 1 aromatic heterocycles. The molecule has 2 aliphatic rings. The maximum atomic E-state index is 13.0. The topological polar surface area (TPSA) is 67.6 Å². The van der Waals surface area contributed by atoms with Gasteiger partial charge in [0.05, 0.1) is 16.6 Å². The maximum Gasteiger partial charge on any atom is 0.266 e. The van der Waals surface area contributed by atoms with E-state index in [4.69, 9.17) is 4.74 Å². The van der Waals surface area contributed by atoms with Gasteiger partial charge in [-0.25, -0.2) is 4.98 Å². The van der Waals surface area contributed by atoms with Crippen LogP contribution in [0.3, 0.4) is 0 Å². The van der Waals surface area contributed by atoms with Gasteiger partial charge in [-0.2, -0.15) is 0 Å². The van der Waals surface area contributed by atoms with Gasteiger partial charge in [0.15, 0.2) is 6.23 Å². The first-order valence-corrected chi connectivity index (χ1v) is 10.9. The molecule has 0 radical (unpaired) electrons. The Hall–Kier alpha value is -2.86. The van der Waals surface area contributed by atoms with E-state index in [2.05, 4.69) is 9.88 Å². The van der Waals surface area contributed by atoms with Crippen LogP contribution < -0.4 is 10.3 Å². The Morgan fingerprint density at radius 3 is 2.57 bits per heavy atom. The van der Waals surface area contributed by atoms with E-state index in [0.717, 1.165) is 24.4 Å². The smallest absolute Gasteiger partial charge is 0.266 e. The van der Waals surface area contributed by atoms with Gasteiger partial charge in [0, 0.05) is 12.6 Å². The van der Waals surface area contributed by atoms with Crippen LogP contribution in [0.2, 0.25) is 0 Å². The highest BCUT2D eigenvalue weighted by Crippen LogP contribution is 2.32. The van der Waals surface area contributed by atoms with Crippen LogP contribution in [0.4, 0.5) is 0 Å². The lowest BCUT2D eigenvalue weighted by molar-refractivity contribution is -0.0523. The van der Waals surface area contributed by atoms with E-state index in [1.165, 1.54) is 38.2 Å².